The molecule has 0 aliphatic rings. The summed E-state index contributed by atoms with van der Waals surface area (Å²) in [5.41, 5.74) is 0.411. The third kappa shape index (κ3) is 1.43. The van der Waals surface area contributed by atoms with Crippen molar-refractivity contribution in [3.8, 4) is 11.8 Å². The van der Waals surface area contributed by atoms with Crippen LogP contribution in [-0.4, -0.2) is 5.78 Å². The average molecular weight is 160 g/mol. The lowest BCUT2D eigenvalue weighted by Crippen LogP contribution is -2.01. The summed E-state index contributed by atoms with van der Waals surface area (Å²) < 4.78 is 0. The standard InChI is InChI=1S/C9H7NO2/c1-6(11)8-4-7(5-10)2-3-9(8)12/h2-4,12H,1H3/p-1. The Labute approximate surface area is 69.9 Å². The van der Waals surface area contributed by atoms with Gasteiger partial charge < -0.3 is 5.11 Å². The van der Waals surface area contributed by atoms with Crippen molar-refractivity contribution in [2.24, 2.45) is 0 Å². The van der Waals surface area contributed by atoms with Crippen LogP contribution in [0.2, 0.25) is 0 Å². The Balaban J connectivity index is 3.28. The van der Waals surface area contributed by atoms with E-state index in [1.54, 1.807) is 0 Å². The zero-order valence-corrected chi connectivity index (χ0v) is 6.50. The molecule has 0 aliphatic carbocycles. The van der Waals surface area contributed by atoms with Gasteiger partial charge in [0.2, 0.25) is 0 Å². The molecule has 1 aromatic carbocycles. The number of carbonyl (C=O) groups excluding carboxylic acids is 1. The van der Waals surface area contributed by atoms with Gasteiger partial charge in [0.15, 0.2) is 5.78 Å². The third-order valence-electron chi connectivity index (χ3n) is 1.49. The highest BCUT2D eigenvalue weighted by molar-refractivity contribution is 5.96. The van der Waals surface area contributed by atoms with Gasteiger partial charge in [0.1, 0.15) is 0 Å². The highest BCUT2D eigenvalue weighted by atomic mass is 16.3. The molecule has 1 aromatic rings. The minimum Gasteiger partial charge on any atom is -0.872 e. The fourth-order valence-corrected chi connectivity index (χ4v) is 0.875. The van der Waals surface area contributed by atoms with Crippen molar-refractivity contribution in [1.82, 2.24) is 0 Å². The highest BCUT2D eigenvalue weighted by Crippen LogP contribution is 2.15. The average Bonchev–Trinajstić information content (AvgIpc) is 2.05. The number of hydrogen-bond donors (Lipinski definition) is 0. The molecule has 0 spiro atoms. The summed E-state index contributed by atoms with van der Waals surface area (Å²) in [5.74, 6) is -0.640. The van der Waals surface area contributed by atoms with E-state index in [0.717, 1.165) is 0 Å². The lowest BCUT2D eigenvalue weighted by Gasteiger charge is -2.09. The monoisotopic (exact) mass is 160 g/mol. The van der Waals surface area contributed by atoms with Gasteiger partial charge in [-0.25, -0.2) is 0 Å². The molecule has 3 nitrogen and oxygen atoms in total. The summed E-state index contributed by atoms with van der Waals surface area (Å²) in [6.45, 7) is 1.30. The van der Waals surface area contributed by atoms with Crippen LogP contribution in [0.5, 0.6) is 5.75 Å². The van der Waals surface area contributed by atoms with Crippen molar-refractivity contribution in [2.75, 3.05) is 0 Å². The van der Waals surface area contributed by atoms with E-state index in [0.29, 0.717) is 5.56 Å². The van der Waals surface area contributed by atoms with Crippen LogP contribution in [0.3, 0.4) is 0 Å². The molecule has 0 atom stereocenters. The molecule has 12 heavy (non-hydrogen) atoms. The van der Waals surface area contributed by atoms with E-state index in [1.165, 1.54) is 25.1 Å². The zero-order valence-electron chi connectivity index (χ0n) is 6.50. The van der Waals surface area contributed by atoms with Gasteiger partial charge in [0.05, 0.1) is 11.6 Å². The molecule has 3 heteroatoms. The van der Waals surface area contributed by atoms with Crippen molar-refractivity contribution in [1.29, 1.82) is 5.26 Å². The van der Waals surface area contributed by atoms with Crippen molar-refractivity contribution < 1.29 is 9.90 Å². The van der Waals surface area contributed by atoms with Crippen LogP contribution in [0.1, 0.15) is 22.8 Å². The summed E-state index contributed by atoms with van der Waals surface area (Å²) in [5, 5.41) is 19.5. The molecule has 0 N–H and O–H groups in total. The predicted octanol–water partition coefficient (Wildman–Crippen LogP) is 0.834. The third-order valence-corrected chi connectivity index (χ3v) is 1.49. The largest absolute Gasteiger partial charge is 0.872 e. The number of carbonyl (C=O) groups is 1. The number of benzene rings is 1. The van der Waals surface area contributed by atoms with E-state index in [9.17, 15) is 9.90 Å². The van der Waals surface area contributed by atoms with Crippen LogP contribution in [0.4, 0.5) is 0 Å². The Bertz CT molecular complexity index is 363. The van der Waals surface area contributed by atoms with Crippen LogP contribution in [0.25, 0.3) is 0 Å². The molecule has 0 saturated carbocycles. The van der Waals surface area contributed by atoms with Gasteiger partial charge in [-0.3, -0.25) is 4.79 Å². The van der Waals surface area contributed by atoms with Crippen LogP contribution in [0, 0.1) is 11.3 Å². The summed E-state index contributed by atoms with van der Waals surface area (Å²) >= 11 is 0. The molecule has 0 amide bonds. The second-order valence-electron chi connectivity index (χ2n) is 2.38. The van der Waals surface area contributed by atoms with Gasteiger partial charge in [-0.05, 0) is 19.1 Å². The molecular weight excluding hydrogens is 154 g/mol. The number of nitrogens with zero attached hydrogens (tertiary/aromatic N) is 1. The van der Waals surface area contributed by atoms with Gasteiger partial charge in [-0.2, -0.15) is 5.26 Å². The predicted molar refractivity (Wildman–Crippen MR) is 40.6 cm³/mol. The smallest absolute Gasteiger partial charge is 0.159 e. The first kappa shape index (κ1) is 8.28. The van der Waals surface area contributed by atoms with E-state index in [4.69, 9.17) is 5.26 Å². The van der Waals surface area contributed by atoms with Crippen molar-refractivity contribution >= 4 is 5.78 Å². The minimum absolute atomic E-state index is 0.0778. The number of Topliss-reactive ketones (excluding diaryl/α,β-unsaturated/α-hetero) is 1. The van der Waals surface area contributed by atoms with Crippen molar-refractivity contribution in [3.63, 3.8) is 0 Å². The summed E-state index contributed by atoms with van der Waals surface area (Å²) in [6.07, 6.45) is 0. The maximum atomic E-state index is 11.0. The molecule has 60 valence electrons. The summed E-state index contributed by atoms with van der Waals surface area (Å²) in [4.78, 5) is 10.8. The fraction of sp³-hybridized carbons (Fsp3) is 0.111. The van der Waals surface area contributed by atoms with Crippen molar-refractivity contribution in [3.05, 3.63) is 29.3 Å². The molecule has 0 radical (unpaired) electrons. The Morgan fingerprint density at radius 2 is 2.25 bits per heavy atom. The second kappa shape index (κ2) is 3.05. The first-order valence-electron chi connectivity index (χ1n) is 3.37. The molecule has 0 fully saturated rings. The van der Waals surface area contributed by atoms with Gasteiger partial charge in [-0.1, -0.05) is 11.8 Å². The summed E-state index contributed by atoms with van der Waals surface area (Å²) in [7, 11) is 0. The maximum absolute atomic E-state index is 11.0. The Hall–Kier alpha value is -1.82. The first-order valence-corrected chi connectivity index (χ1v) is 3.37. The Morgan fingerprint density at radius 1 is 1.58 bits per heavy atom. The fourth-order valence-electron chi connectivity index (χ4n) is 0.875. The SMILES string of the molecule is CC(=O)c1cc(C#N)ccc1[O-]. The Morgan fingerprint density at radius 3 is 2.75 bits per heavy atom. The van der Waals surface area contributed by atoms with Gasteiger partial charge in [0.25, 0.3) is 0 Å². The van der Waals surface area contributed by atoms with E-state index in [2.05, 4.69) is 0 Å². The lowest BCUT2D eigenvalue weighted by molar-refractivity contribution is -0.268. The molecule has 0 heterocycles. The first-order chi connectivity index (χ1) is 5.65. The van der Waals surface area contributed by atoms with Crippen LogP contribution in [-0.2, 0) is 0 Å². The van der Waals surface area contributed by atoms with E-state index in [1.807, 2.05) is 6.07 Å². The highest BCUT2D eigenvalue weighted by Gasteiger charge is 2.00. The maximum Gasteiger partial charge on any atom is 0.159 e. The van der Waals surface area contributed by atoms with Gasteiger partial charge >= 0.3 is 0 Å². The number of nitriles is 1. The second-order valence-corrected chi connectivity index (χ2v) is 2.38. The topological polar surface area (TPSA) is 63.9 Å². The lowest BCUT2D eigenvalue weighted by atomic mass is 10.1. The normalized spacial score (nSPS) is 9.00. The van der Waals surface area contributed by atoms with Gasteiger partial charge in [-0.15, -0.1) is 0 Å². The van der Waals surface area contributed by atoms with Crippen LogP contribution in [0.15, 0.2) is 18.2 Å². The molecule has 0 bridgehead atoms. The van der Waals surface area contributed by atoms with Gasteiger partial charge in [0, 0.05) is 5.56 Å². The molecular formula is C9H6NO2-. The zero-order chi connectivity index (χ0) is 9.14. The number of rotatable bonds is 1. The molecule has 0 saturated heterocycles. The van der Waals surface area contributed by atoms with E-state index < -0.39 is 0 Å². The number of ketones is 1. The molecule has 0 aromatic heterocycles. The van der Waals surface area contributed by atoms with Crippen molar-refractivity contribution in [2.45, 2.75) is 6.92 Å². The number of hydrogen-bond acceptors (Lipinski definition) is 3. The van der Waals surface area contributed by atoms with E-state index >= 15 is 0 Å². The molecule has 0 unspecified atom stereocenters. The molecule has 1 rings (SSSR count). The Kier molecular flexibility index (Phi) is 2.11. The van der Waals surface area contributed by atoms with Crippen LogP contribution < -0.4 is 5.11 Å². The minimum atomic E-state index is -0.332. The summed E-state index contributed by atoms with van der Waals surface area (Å²) in [6, 6.07) is 5.80. The molecule has 0 aliphatic heterocycles. The quantitative estimate of drug-likeness (QED) is 0.571. The van der Waals surface area contributed by atoms with E-state index in [-0.39, 0.29) is 17.1 Å². The van der Waals surface area contributed by atoms with Crippen LogP contribution >= 0.6 is 0 Å².